The van der Waals surface area contributed by atoms with E-state index in [4.69, 9.17) is 0 Å². The molecule has 0 amide bonds. The first-order chi connectivity index (χ1) is 10.1. The van der Waals surface area contributed by atoms with Crippen LogP contribution in [0.2, 0.25) is 0 Å². The number of benzene rings is 1. The molecular weight excluding hydrogens is 282 g/mol. The van der Waals surface area contributed by atoms with Crippen molar-refractivity contribution in [1.82, 2.24) is 4.90 Å². The summed E-state index contributed by atoms with van der Waals surface area (Å²) in [6.07, 6.45) is 4.70. The lowest BCUT2D eigenvalue weighted by Crippen LogP contribution is -2.39. The van der Waals surface area contributed by atoms with E-state index in [-0.39, 0.29) is 12.6 Å². The zero-order chi connectivity index (χ0) is 14.8. The number of nitrogens with zero attached hydrogens (tertiary/aromatic N) is 1. The molecule has 1 fully saturated rings. The number of carboxylic acids is 1. The second kappa shape index (κ2) is 6.16. The molecule has 3 nitrogen and oxygen atoms in total. The minimum atomic E-state index is -0.727. The van der Waals surface area contributed by atoms with Crippen molar-refractivity contribution in [3.8, 4) is 0 Å². The largest absolute Gasteiger partial charge is 0.480 e. The number of hydrogen-bond donors (Lipinski definition) is 1. The van der Waals surface area contributed by atoms with Crippen LogP contribution < -0.4 is 0 Å². The van der Waals surface area contributed by atoms with Crippen molar-refractivity contribution < 1.29 is 9.90 Å². The summed E-state index contributed by atoms with van der Waals surface area (Å²) in [5.74, 6) is -0.727. The fourth-order valence-corrected chi connectivity index (χ4v) is 4.48. The van der Waals surface area contributed by atoms with Crippen LogP contribution in [0.3, 0.4) is 0 Å². The first kappa shape index (κ1) is 14.5. The van der Waals surface area contributed by atoms with Crippen LogP contribution in [-0.2, 0) is 4.79 Å². The van der Waals surface area contributed by atoms with Crippen molar-refractivity contribution >= 4 is 27.4 Å². The summed E-state index contributed by atoms with van der Waals surface area (Å²) >= 11 is 1.78. The molecule has 0 bridgehead atoms. The Morgan fingerprint density at radius 2 is 2.10 bits per heavy atom. The van der Waals surface area contributed by atoms with Gasteiger partial charge in [0.2, 0.25) is 0 Å². The van der Waals surface area contributed by atoms with Crippen LogP contribution in [0.25, 0.3) is 10.1 Å². The number of fused-ring (bicyclic) bond motifs is 1. The van der Waals surface area contributed by atoms with Crippen molar-refractivity contribution in [2.45, 2.75) is 44.7 Å². The molecule has 1 heterocycles. The predicted molar refractivity (Wildman–Crippen MR) is 86.8 cm³/mol. The van der Waals surface area contributed by atoms with Crippen LogP contribution in [0.5, 0.6) is 0 Å². The van der Waals surface area contributed by atoms with E-state index in [1.807, 2.05) is 0 Å². The fraction of sp³-hybridized carbons (Fsp3) is 0.471. The summed E-state index contributed by atoms with van der Waals surface area (Å²) in [6.45, 7) is 2.28. The highest BCUT2D eigenvalue weighted by molar-refractivity contribution is 7.19. The van der Waals surface area contributed by atoms with Crippen molar-refractivity contribution in [2.24, 2.45) is 0 Å². The summed E-state index contributed by atoms with van der Waals surface area (Å²) in [5.41, 5.74) is 0. The van der Waals surface area contributed by atoms with Crippen LogP contribution in [0, 0.1) is 0 Å². The summed E-state index contributed by atoms with van der Waals surface area (Å²) in [7, 11) is 0. The number of thiophene rings is 1. The van der Waals surface area contributed by atoms with Gasteiger partial charge in [-0.2, -0.15) is 0 Å². The molecule has 1 unspecified atom stereocenters. The van der Waals surface area contributed by atoms with Crippen LogP contribution in [-0.4, -0.2) is 28.6 Å². The minimum Gasteiger partial charge on any atom is -0.480 e. The molecular formula is C17H21NO2S. The third-order valence-corrected chi connectivity index (χ3v) is 5.75. The maximum atomic E-state index is 11.2. The third-order valence-electron chi connectivity index (χ3n) is 4.47. The van der Waals surface area contributed by atoms with Gasteiger partial charge in [-0.05, 0) is 37.3 Å². The number of carboxylic acid groups (broad SMARTS) is 1. The number of carbonyl (C=O) groups is 1. The molecule has 0 aliphatic heterocycles. The highest BCUT2D eigenvalue weighted by atomic mass is 32.1. The molecule has 1 aliphatic carbocycles. The van der Waals surface area contributed by atoms with E-state index in [0.29, 0.717) is 6.04 Å². The topological polar surface area (TPSA) is 40.5 Å². The summed E-state index contributed by atoms with van der Waals surface area (Å²) < 4.78 is 1.28. The second-order valence-electron chi connectivity index (χ2n) is 5.87. The van der Waals surface area contributed by atoms with Gasteiger partial charge >= 0.3 is 5.97 Å². The van der Waals surface area contributed by atoms with Crippen molar-refractivity contribution in [3.63, 3.8) is 0 Å². The van der Waals surface area contributed by atoms with Crippen LogP contribution in [0.4, 0.5) is 0 Å². The van der Waals surface area contributed by atoms with Crippen LogP contribution in [0.15, 0.2) is 30.3 Å². The lowest BCUT2D eigenvalue weighted by Gasteiger charge is -2.32. The Hall–Kier alpha value is -1.39. The SMILES string of the molecule is CC(c1cc2ccccc2s1)N(CC(=O)O)C1CCCC1. The Bertz CT molecular complexity index is 598. The first-order valence-corrected chi connectivity index (χ1v) is 8.43. The Morgan fingerprint density at radius 1 is 1.38 bits per heavy atom. The lowest BCUT2D eigenvalue weighted by atomic mass is 10.1. The molecule has 21 heavy (non-hydrogen) atoms. The molecule has 1 aromatic heterocycles. The number of rotatable bonds is 5. The van der Waals surface area contributed by atoms with Gasteiger partial charge in [0, 0.05) is 21.7 Å². The van der Waals surface area contributed by atoms with Crippen molar-refractivity contribution in [3.05, 3.63) is 35.2 Å². The highest BCUT2D eigenvalue weighted by Crippen LogP contribution is 2.36. The maximum absolute atomic E-state index is 11.2. The summed E-state index contributed by atoms with van der Waals surface area (Å²) in [6, 6.07) is 11.2. The molecule has 1 atom stereocenters. The average Bonchev–Trinajstić information content (AvgIpc) is 3.12. The van der Waals surface area contributed by atoms with Gasteiger partial charge in [-0.15, -0.1) is 11.3 Å². The monoisotopic (exact) mass is 303 g/mol. The summed E-state index contributed by atoms with van der Waals surface area (Å²) in [5, 5.41) is 10.5. The normalized spacial score (nSPS) is 17.6. The fourth-order valence-electron chi connectivity index (χ4n) is 3.35. The summed E-state index contributed by atoms with van der Waals surface area (Å²) in [4.78, 5) is 14.7. The Labute approximate surface area is 129 Å². The molecule has 1 saturated carbocycles. The van der Waals surface area contributed by atoms with Crippen LogP contribution >= 0.6 is 11.3 Å². The molecule has 0 saturated heterocycles. The first-order valence-electron chi connectivity index (χ1n) is 7.61. The van der Waals surface area contributed by atoms with Crippen LogP contribution in [0.1, 0.15) is 43.5 Å². The Balaban J connectivity index is 1.87. The van der Waals surface area contributed by atoms with Crippen molar-refractivity contribution in [2.75, 3.05) is 6.54 Å². The van der Waals surface area contributed by atoms with E-state index in [2.05, 4.69) is 42.2 Å². The van der Waals surface area contributed by atoms with Gasteiger partial charge < -0.3 is 5.11 Å². The molecule has 3 rings (SSSR count). The van der Waals surface area contributed by atoms with Gasteiger partial charge in [-0.25, -0.2) is 0 Å². The van der Waals surface area contributed by atoms with Crippen molar-refractivity contribution in [1.29, 1.82) is 0 Å². The van der Waals surface area contributed by atoms with Gasteiger partial charge in [0.25, 0.3) is 0 Å². The lowest BCUT2D eigenvalue weighted by molar-refractivity contribution is -0.139. The van der Waals surface area contributed by atoms with E-state index >= 15 is 0 Å². The zero-order valence-electron chi connectivity index (χ0n) is 12.3. The molecule has 2 aromatic rings. The standard InChI is InChI=1S/C17H21NO2S/c1-12(16-10-13-6-2-5-9-15(13)21-16)18(11-17(19)20)14-7-3-4-8-14/h2,5-6,9-10,12,14H,3-4,7-8,11H2,1H3,(H,19,20). The molecule has 1 aliphatic rings. The Kier molecular flexibility index (Phi) is 4.27. The highest BCUT2D eigenvalue weighted by Gasteiger charge is 2.29. The van der Waals surface area contributed by atoms with Gasteiger partial charge in [0.05, 0.1) is 6.54 Å². The maximum Gasteiger partial charge on any atom is 0.317 e. The van der Waals surface area contributed by atoms with E-state index in [1.54, 1.807) is 11.3 Å². The van der Waals surface area contributed by atoms with Gasteiger partial charge in [0.15, 0.2) is 0 Å². The molecule has 4 heteroatoms. The van der Waals surface area contributed by atoms with Gasteiger partial charge in [-0.1, -0.05) is 31.0 Å². The van der Waals surface area contributed by atoms with E-state index in [0.717, 1.165) is 12.8 Å². The Morgan fingerprint density at radius 3 is 2.76 bits per heavy atom. The molecule has 0 radical (unpaired) electrons. The second-order valence-corrected chi connectivity index (χ2v) is 6.98. The van der Waals surface area contributed by atoms with Gasteiger partial charge in [0.1, 0.15) is 0 Å². The quantitative estimate of drug-likeness (QED) is 0.895. The molecule has 112 valence electrons. The number of aliphatic carboxylic acids is 1. The smallest absolute Gasteiger partial charge is 0.317 e. The molecule has 0 spiro atoms. The van der Waals surface area contributed by atoms with E-state index in [9.17, 15) is 9.90 Å². The average molecular weight is 303 g/mol. The predicted octanol–water partition coefficient (Wildman–Crippen LogP) is 4.29. The zero-order valence-corrected chi connectivity index (χ0v) is 13.1. The minimum absolute atomic E-state index is 0.139. The van der Waals surface area contributed by atoms with E-state index < -0.39 is 5.97 Å². The third kappa shape index (κ3) is 3.11. The molecule has 1 aromatic carbocycles. The number of hydrogen-bond acceptors (Lipinski definition) is 3. The molecule has 1 N–H and O–H groups in total. The van der Waals surface area contributed by atoms with E-state index in [1.165, 1.54) is 27.8 Å². The van der Waals surface area contributed by atoms with Gasteiger partial charge in [-0.3, -0.25) is 9.69 Å².